The van der Waals surface area contributed by atoms with E-state index in [0.717, 1.165) is 37.2 Å². The monoisotopic (exact) mass is 378 g/mol. The zero-order valence-corrected chi connectivity index (χ0v) is 17.0. The summed E-state index contributed by atoms with van der Waals surface area (Å²) in [5.74, 6) is 1.41. The number of hydrogen-bond acceptors (Lipinski definition) is 5. The molecular weight excluding hydrogens is 344 g/mol. The quantitative estimate of drug-likeness (QED) is 0.310. The summed E-state index contributed by atoms with van der Waals surface area (Å²) in [6, 6.07) is 7.58. The van der Waals surface area contributed by atoms with E-state index in [0.29, 0.717) is 39.1 Å². The Kier molecular flexibility index (Phi) is 12.2. The van der Waals surface area contributed by atoms with E-state index in [9.17, 15) is 9.59 Å². The van der Waals surface area contributed by atoms with Crippen molar-refractivity contribution in [1.29, 1.82) is 0 Å². The summed E-state index contributed by atoms with van der Waals surface area (Å²) in [5.41, 5.74) is 0. The standard InChI is InChI=1S/C22H34O5/c1-4-21(23)20(22(24)5-2)10-8-6-7-9-15-26-18-11-13-19(14-12-18)27-17-16-25-3/h11-14,20H,4-10,15-17H2,1-3H3. The summed E-state index contributed by atoms with van der Waals surface area (Å²) in [5, 5.41) is 0. The van der Waals surface area contributed by atoms with Crippen LogP contribution in [0.2, 0.25) is 0 Å². The largest absolute Gasteiger partial charge is 0.494 e. The summed E-state index contributed by atoms with van der Waals surface area (Å²) in [6.45, 7) is 5.42. The molecule has 0 aromatic heterocycles. The van der Waals surface area contributed by atoms with Gasteiger partial charge in [-0.1, -0.05) is 33.1 Å². The van der Waals surface area contributed by atoms with E-state index in [1.54, 1.807) is 7.11 Å². The van der Waals surface area contributed by atoms with Crippen LogP contribution < -0.4 is 9.47 Å². The molecule has 1 aromatic carbocycles. The lowest BCUT2D eigenvalue weighted by atomic mass is 9.90. The van der Waals surface area contributed by atoms with Crippen LogP contribution in [0.4, 0.5) is 0 Å². The molecule has 0 spiro atoms. The molecule has 1 aromatic rings. The van der Waals surface area contributed by atoms with Crippen LogP contribution in [0, 0.1) is 5.92 Å². The molecule has 0 aliphatic carbocycles. The average Bonchev–Trinajstić information content (AvgIpc) is 2.70. The van der Waals surface area contributed by atoms with Gasteiger partial charge in [-0.3, -0.25) is 9.59 Å². The number of carbonyl (C=O) groups is 2. The molecule has 5 heteroatoms. The highest BCUT2D eigenvalue weighted by Crippen LogP contribution is 2.19. The van der Waals surface area contributed by atoms with Crippen LogP contribution in [0.3, 0.4) is 0 Å². The molecule has 0 saturated heterocycles. The van der Waals surface area contributed by atoms with Crippen molar-refractivity contribution >= 4 is 11.6 Å². The SMILES string of the molecule is CCC(=O)C(CCCCCCOc1ccc(OCCOC)cc1)C(=O)CC. The first-order valence-corrected chi connectivity index (χ1v) is 10.0. The normalized spacial score (nSPS) is 10.8. The fourth-order valence-corrected chi connectivity index (χ4v) is 2.86. The lowest BCUT2D eigenvalue weighted by molar-refractivity contribution is -0.132. The fourth-order valence-electron chi connectivity index (χ4n) is 2.86. The number of Topliss-reactive ketones (excluding diaryl/α,β-unsaturated/α-hetero) is 2. The van der Waals surface area contributed by atoms with Gasteiger partial charge in [-0.05, 0) is 37.1 Å². The average molecular weight is 379 g/mol. The molecule has 5 nitrogen and oxygen atoms in total. The number of unbranched alkanes of at least 4 members (excludes halogenated alkanes) is 3. The maximum absolute atomic E-state index is 11.9. The minimum atomic E-state index is -0.388. The fraction of sp³-hybridized carbons (Fsp3) is 0.636. The summed E-state index contributed by atoms with van der Waals surface area (Å²) < 4.78 is 16.2. The first kappa shape index (κ1) is 23.2. The summed E-state index contributed by atoms with van der Waals surface area (Å²) in [7, 11) is 1.65. The molecule has 0 fully saturated rings. The summed E-state index contributed by atoms with van der Waals surface area (Å²) in [4.78, 5) is 23.8. The van der Waals surface area contributed by atoms with Gasteiger partial charge in [0, 0.05) is 20.0 Å². The molecule has 0 aliphatic heterocycles. The molecule has 0 saturated carbocycles. The van der Waals surface area contributed by atoms with Crippen molar-refractivity contribution in [1.82, 2.24) is 0 Å². The molecular formula is C22H34O5. The molecule has 0 N–H and O–H groups in total. The summed E-state index contributed by atoms with van der Waals surface area (Å²) in [6.07, 6.45) is 5.49. The number of methoxy groups -OCH3 is 1. The van der Waals surface area contributed by atoms with E-state index in [4.69, 9.17) is 14.2 Å². The van der Waals surface area contributed by atoms with Gasteiger partial charge >= 0.3 is 0 Å². The third kappa shape index (κ3) is 9.57. The lowest BCUT2D eigenvalue weighted by Gasteiger charge is -2.13. The topological polar surface area (TPSA) is 61.8 Å². The Morgan fingerprint density at radius 3 is 1.81 bits per heavy atom. The molecule has 0 amide bonds. The third-order valence-corrected chi connectivity index (χ3v) is 4.51. The Bertz CT molecular complexity index is 522. The number of hydrogen-bond donors (Lipinski definition) is 0. The molecule has 0 unspecified atom stereocenters. The first-order chi connectivity index (χ1) is 13.1. The predicted octanol–water partition coefficient (Wildman–Crippen LogP) is 4.62. The second-order valence-corrected chi connectivity index (χ2v) is 6.56. The molecule has 0 atom stereocenters. The van der Waals surface area contributed by atoms with Crippen LogP contribution in [0.5, 0.6) is 11.5 Å². The van der Waals surface area contributed by atoms with E-state index in [1.807, 2.05) is 38.1 Å². The van der Waals surface area contributed by atoms with Gasteiger partial charge in [0.15, 0.2) is 0 Å². The van der Waals surface area contributed by atoms with Gasteiger partial charge in [0.05, 0.1) is 19.1 Å². The van der Waals surface area contributed by atoms with E-state index in [2.05, 4.69) is 0 Å². The maximum atomic E-state index is 11.9. The highest BCUT2D eigenvalue weighted by Gasteiger charge is 2.22. The Balaban J connectivity index is 2.16. The van der Waals surface area contributed by atoms with Crippen LogP contribution in [0.25, 0.3) is 0 Å². The van der Waals surface area contributed by atoms with Crippen molar-refractivity contribution in [2.75, 3.05) is 26.9 Å². The zero-order valence-electron chi connectivity index (χ0n) is 17.0. The minimum Gasteiger partial charge on any atom is -0.494 e. The zero-order chi connectivity index (χ0) is 19.9. The van der Waals surface area contributed by atoms with E-state index < -0.39 is 0 Å². The molecule has 0 aliphatic rings. The molecule has 1 rings (SSSR count). The van der Waals surface area contributed by atoms with E-state index >= 15 is 0 Å². The highest BCUT2D eigenvalue weighted by molar-refractivity contribution is 6.02. The van der Waals surface area contributed by atoms with Crippen molar-refractivity contribution < 1.29 is 23.8 Å². The van der Waals surface area contributed by atoms with Gasteiger partial charge in [-0.15, -0.1) is 0 Å². The second kappa shape index (κ2) is 14.2. The number of ketones is 2. The third-order valence-electron chi connectivity index (χ3n) is 4.51. The number of benzene rings is 1. The van der Waals surface area contributed by atoms with E-state index in [-0.39, 0.29) is 17.5 Å². The van der Waals surface area contributed by atoms with Gasteiger partial charge in [0.2, 0.25) is 0 Å². The Labute approximate surface area is 163 Å². The molecule has 0 heterocycles. The predicted molar refractivity (Wildman–Crippen MR) is 106 cm³/mol. The highest BCUT2D eigenvalue weighted by atomic mass is 16.5. The second-order valence-electron chi connectivity index (χ2n) is 6.56. The van der Waals surface area contributed by atoms with Gasteiger partial charge in [-0.25, -0.2) is 0 Å². The maximum Gasteiger partial charge on any atom is 0.143 e. The molecule has 0 radical (unpaired) electrons. The van der Waals surface area contributed by atoms with Gasteiger partial charge in [0.25, 0.3) is 0 Å². The summed E-state index contributed by atoms with van der Waals surface area (Å²) >= 11 is 0. The van der Waals surface area contributed by atoms with Gasteiger partial charge < -0.3 is 14.2 Å². The molecule has 0 bridgehead atoms. The van der Waals surface area contributed by atoms with Gasteiger partial charge in [-0.2, -0.15) is 0 Å². The van der Waals surface area contributed by atoms with Crippen molar-refractivity contribution in [2.45, 2.75) is 58.8 Å². The first-order valence-electron chi connectivity index (χ1n) is 10.0. The molecule has 152 valence electrons. The van der Waals surface area contributed by atoms with Gasteiger partial charge in [0.1, 0.15) is 29.7 Å². The van der Waals surface area contributed by atoms with Crippen molar-refractivity contribution in [2.24, 2.45) is 5.92 Å². The number of carbonyl (C=O) groups excluding carboxylic acids is 2. The molecule has 27 heavy (non-hydrogen) atoms. The number of rotatable bonds is 16. The van der Waals surface area contributed by atoms with Crippen LogP contribution in [0.1, 0.15) is 58.8 Å². The Morgan fingerprint density at radius 2 is 1.30 bits per heavy atom. The number of ether oxygens (including phenoxy) is 3. The lowest BCUT2D eigenvalue weighted by Crippen LogP contribution is -2.22. The Hall–Kier alpha value is -1.88. The van der Waals surface area contributed by atoms with Crippen LogP contribution in [-0.4, -0.2) is 38.5 Å². The minimum absolute atomic E-state index is 0.0832. The van der Waals surface area contributed by atoms with Crippen molar-refractivity contribution in [3.8, 4) is 11.5 Å². The van der Waals surface area contributed by atoms with Crippen LogP contribution in [-0.2, 0) is 14.3 Å². The van der Waals surface area contributed by atoms with E-state index in [1.165, 1.54) is 0 Å². The smallest absolute Gasteiger partial charge is 0.143 e. The van der Waals surface area contributed by atoms with Crippen LogP contribution >= 0.6 is 0 Å². The van der Waals surface area contributed by atoms with Crippen molar-refractivity contribution in [3.63, 3.8) is 0 Å². The van der Waals surface area contributed by atoms with Crippen LogP contribution in [0.15, 0.2) is 24.3 Å². The van der Waals surface area contributed by atoms with Crippen molar-refractivity contribution in [3.05, 3.63) is 24.3 Å². The Morgan fingerprint density at radius 1 is 0.778 bits per heavy atom.